The molecule has 0 aliphatic heterocycles. The van der Waals surface area contributed by atoms with Crippen LogP contribution in [0.1, 0.15) is 24.5 Å². The van der Waals surface area contributed by atoms with Crippen LogP contribution < -0.4 is 0 Å². The highest BCUT2D eigenvalue weighted by Crippen LogP contribution is 2.62. The van der Waals surface area contributed by atoms with E-state index in [1.165, 1.54) is 20.2 Å². The van der Waals surface area contributed by atoms with Gasteiger partial charge in [-0.2, -0.15) is 0 Å². The molecule has 1 nitrogen and oxygen atoms in total. The van der Waals surface area contributed by atoms with E-state index >= 15 is 0 Å². The zero-order chi connectivity index (χ0) is 27.3. The standard InChI is InChI=1S/C38H28OS/c1-3-5-13-26(4-2)38(27-14-7-6-8-15-27)32-18-11-9-17-30(32)36-33(39)22-21-28(37(36)38)25-20-23-35-31(24-25)29-16-10-12-19-34(29)40-35/h2-3,5-14,16-24,27,39H,15H2,1H3/b5-3-,26-13+. The Balaban J connectivity index is 1.61. The number of allylic oxidation sites excluding steroid dienone is 8. The number of thiophene rings is 1. The molecular weight excluding hydrogens is 504 g/mol. The summed E-state index contributed by atoms with van der Waals surface area (Å²) in [4.78, 5) is 0. The van der Waals surface area contributed by atoms with Gasteiger partial charge in [-0.25, -0.2) is 0 Å². The lowest BCUT2D eigenvalue weighted by molar-refractivity contribution is 0.454. The van der Waals surface area contributed by atoms with Crippen LogP contribution in [0.4, 0.5) is 0 Å². The van der Waals surface area contributed by atoms with Gasteiger partial charge in [0.25, 0.3) is 0 Å². The van der Waals surface area contributed by atoms with Gasteiger partial charge in [0, 0.05) is 31.3 Å². The van der Waals surface area contributed by atoms with Crippen LogP contribution in [0.3, 0.4) is 0 Å². The van der Waals surface area contributed by atoms with Crippen molar-refractivity contribution in [2.24, 2.45) is 5.92 Å². The van der Waals surface area contributed by atoms with Crippen molar-refractivity contribution < 1.29 is 5.11 Å². The number of hydrogen-bond donors (Lipinski definition) is 1. The second-order valence-electron chi connectivity index (χ2n) is 10.5. The van der Waals surface area contributed by atoms with Crippen LogP contribution >= 0.6 is 11.3 Å². The summed E-state index contributed by atoms with van der Waals surface area (Å²) in [6.07, 6.45) is 22.1. The molecular formula is C38H28OS. The van der Waals surface area contributed by atoms with Gasteiger partial charge in [0.1, 0.15) is 5.75 Å². The van der Waals surface area contributed by atoms with E-state index in [4.69, 9.17) is 6.42 Å². The van der Waals surface area contributed by atoms with Crippen LogP contribution in [0.25, 0.3) is 42.4 Å². The first kappa shape index (κ1) is 24.5. The van der Waals surface area contributed by atoms with E-state index in [9.17, 15) is 5.11 Å². The Labute approximate surface area is 239 Å². The Morgan fingerprint density at radius 2 is 1.77 bits per heavy atom. The fourth-order valence-corrected chi connectivity index (χ4v) is 7.93. The zero-order valence-electron chi connectivity index (χ0n) is 22.3. The second kappa shape index (κ2) is 9.56. The van der Waals surface area contributed by atoms with E-state index in [1.807, 2.05) is 36.5 Å². The maximum atomic E-state index is 11.5. The van der Waals surface area contributed by atoms with Crippen molar-refractivity contribution in [2.45, 2.75) is 18.8 Å². The Hall–Kier alpha value is -4.58. The van der Waals surface area contributed by atoms with Gasteiger partial charge in [0.05, 0.1) is 5.41 Å². The van der Waals surface area contributed by atoms with Gasteiger partial charge in [-0.05, 0) is 77.4 Å². The first-order valence-corrected chi connectivity index (χ1v) is 14.5. The topological polar surface area (TPSA) is 20.2 Å². The number of benzene rings is 4. The zero-order valence-corrected chi connectivity index (χ0v) is 23.1. The molecule has 0 radical (unpaired) electrons. The smallest absolute Gasteiger partial charge is 0.123 e. The molecule has 0 amide bonds. The number of fused-ring (bicyclic) bond motifs is 6. The molecule has 7 rings (SSSR count). The van der Waals surface area contributed by atoms with Crippen molar-refractivity contribution in [1.29, 1.82) is 0 Å². The third-order valence-electron chi connectivity index (χ3n) is 8.46. The van der Waals surface area contributed by atoms with Crippen LogP contribution in [0, 0.1) is 18.3 Å². The molecule has 0 saturated heterocycles. The van der Waals surface area contributed by atoms with Gasteiger partial charge in [0.15, 0.2) is 0 Å². The van der Waals surface area contributed by atoms with Crippen LogP contribution in [0.2, 0.25) is 0 Å². The average molecular weight is 533 g/mol. The highest BCUT2D eigenvalue weighted by atomic mass is 32.1. The van der Waals surface area contributed by atoms with E-state index in [-0.39, 0.29) is 11.7 Å². The van der Waals surface area contributed by atoms with Crippen LogP contribution in [0.5, 0.6) is 5.75 Å². The molecule has 2 unspecified atom stereocenters. The lowest BCUT2D eigenvalue weighted by atomic mass is 9.60. The van der Waals surface area contributed by atoms with E-state index < -0.39 is 5.41 Å². The number of aromatic hydroxyl groups is 1. The van der Waals surface area contributed by atoms with Crippen LogP contribution in [0.15, 0.2) is 127 Å². The van der Waals surface area contributed by atoms with Gasteiger partial charge < -0.3 is 5.11 Å². The molecule has 2 atom stereocenters. The predicted molar refractivity (Wildman–Crippen MR) is 171 cm³/mol. The van der Waals surface area contributed by atoms with E-state index in [1.54, 1.807) is 0 Å². The monoisotopic (exact) mass is 532 g/mol. The van der Waals surface area contributed by atoms with E-state index in [0.717, 1.165) is 45.4 Å². The lowest BCUT2D eigenvalue weighted by Crippen LogP contribution is -2.36. The number of hydrogen-bond acceptors (Lipinski definition) is 2. The molecule has 1 heterocycles. The first-order valence-electron chi connectivity index (χ1n) is 13.7. The number of phenols is 1. The third kappa shape index (κ3) is 3.41. The van der Waals surface area contributed by atoms with Crippen molar-refractivity contribution in [1.82, 2.24) is 0 Å². The fourth-order valence-electron chi connectivity index (χ4n) is 6.84. The van der Waals surface area contributed by atoms with Crippen LogP contribution in [-0.2, 0) is 5.41 Å². The van der Waals surface area contributed by atoms with E-state index in [2.05, 4.69) is 109 Å². The molecule has 2 heteroatoms. The van der Waals surface area contributed by atoms with Crippen molar-refractivity contribution in [2.75, 3.05) is 0 Å². The summed E-state index contributed by atoms with van der Waals surface area (Å²) >= 11 is 1.82. The highest BCUT2D eigenvalue weighted by Gasteiger charge is 2.52. The quantitative estimate of drug-likeness (QED) is 0.180. The first-order chi connectivity index (χ1) is 19.7. The minimum atomic E-state index is -0.638. The minimum absolute atomic E-state index is 0.0821. The molecule has 2 aliphatic rings. The minimum Gasteiger partial charge on any atom is -0.507 e. The van der Waals surface area contributed by atoms with Crippen molar-refractivity contribution in [3.05, 3.63) is 138 Å². The molecule has 0 fully saturated rings. The van der Waals surface area contributed by atoms with Crippen LogP contribution in [-0.4, -0.2) is 5.11 Å². The normalized spacial score (nSPS) is 19.8. The summed E-state index contributed by atoms with van der Waals surface area (Å²) in [5.74, 6) is 3.49. The number of phenolic OH excluding ortho intramolecular Hbond substituents is 1. The van der Waals surface area contributed by atoms with Gasteiger partial charge in [-0.3, -0.25) is 0 Å². The van der Waals surface area contributed by atoms with E-state index in [0.29, 0.717) is 0 Å². The molecule has 5 aromatic rings. The molecule has 4 aromatic carbocycles. The molecule has 192 valence electrons. The van der Waals surface area contributed by atoms with Gasteiger partial charge in [0.2, 0.25) is 0 Å². The third-order valence-corrected chi connectivity index (χ3v) is 9.61. The van der Waals surface area contributed by atoms with Crippen molar-refractivity contribution in [3.8, 4) is 40.3 Å². The fraction of sp³-hybridized carbons (Fsp3) is 0.105. The maximum Gasteiger partial charge on any atom is 0.123 e. The Bertz CT molecular complexity index is 1970. The summed E-state index contributed by atoms with van der Waals surface area (Å²) in [6.45, 7) is 2.01. The lowest BCUT2D eigenvalue weighted by Gasteiger charge is -2.40. The molecule has 0 saturated carbocycles. The summed E-state index contributed by atoms with van der Waals surface area (Å²) in [5, 5.41) is 14.0. The largest absolute Gasteiger partial charge is 0.507 e. The molecule has 2 aliphatic carbocycles. The highest BCUT2D eigenvalue weighted by molar-refractivity contribution is 7.25. The molecule has 0 spiro atoms. The Morgan fingerprint density at radius 1 is 0.950 bits per heavy atom. The molecule has 1 aromatic heterocycles. The number of terminal acetylenes is 1. The summed E-state index contributed by atoms with van der Waals surface area (Å²) in [5.41, 5.74) is 6.65. The van der Waals surface area contributed by atoms with Crippen molar-refractivity contribution >= 4 is 31.5 Å². The van der Waals surface area contributed by atoms with Gasteiger partial charge >= 0.3 is 0 Å². The number of rotatable bonds is 4. The summed E-state index contributed by atoms with van der Waals surface area (Å²) in [6, 6.07) is 27.8. The Morgan fingerprint density at radius 3 is 2.60 bits per heavy atom. The molecule has 0 bridgehead atoms. The maximum absolute atomic E-state index is 11.5. The van der Waals surface area contributed by atoms with Crippen molar-refractivity contribution in [3.63, 3.8) is 0 Å². The molecule has 40 heavy (non-hydrogen) atoms. The summed E-state index contributed by atoms with van der Waals surface area (Å²) < 4.78 is 2.56. The molecule has 1 N–H and O–H groups in total. The van der Waals surface area contributed by atoms with Gasteiger partial charge in [-0.1, -0.05) is 97.0 Å². The Kier molecular flexibility index (Phi) is 5.84. The second-order valence-corrected chi connectivity index (χ2v) is 11.5. The average Bonchev–Trinajstić information content (AvgIpc) is 3.53. The predicted octanol–water partition coefficient (Wildman–Crippen LogP) is 9.96. The summed E-state index contributed by atoms with van der Waals surface area (Å²) in [7, 11) is 0. The van der Waals surface area contributed by atoms with Gasteiger partial charge in [-0.15, -0.1) is 17.8 Å². The SMILES string of the molecule is C#C/C(=C\C=C/C)C1(C2C=CC=CC2)c2ccccc2-c2c(O)ccc(-c3ccc4sc5ccccc5c4c3)c21.